The fourth-order valence-corrected chi connectivity index (χ4v) is 1.67. The van der Waals surface area contributed by atoms with Gasteiger partial charge in [0, 0.05) is 18.2 Å². The molecular weight excluding hydrogens is 260 g/mol. The van der Waals surface area contributed by atoms with Crippen molar-refractivity contribution in [2.45, 2.75) is 6.54 Å². The van der Waals surface area contributed by atoms with E-state index in [1.165, 1.54) is 11.2 Å². The van der Waals surface area contributed by atoms with Gasteiger partial charge in [-0.15, -0.1) is 0 Å². The van der Waals surface area contributed by atoms with Crippen LogP contribution in [-0.4, -0.2) is 44.1 Å². The van der Waals surface area contributed by atoms with Crippen LogP contribution in [0.25, 0.3) is 0 Å². The van der Waals surface area contributed by atoms with Crippen molar-refractivity contribution in [3.63, 3.8) is 0 Å². The van der Waals surface area contributed by atoms with E-state index in [4.69, 9.17) is 10.9 Å². The van der Waals surface area contributed by atoms with Gasteiger partial charge in [-0.05, 0) is 12.1 Å². The minimum Gasteiger partial charge on any atom is -0.409 e. The van der Waals surface area contributed by atoms with Crippen molar-refractivity contribution in [3.8, 4) is 0 Å². The Morgan fingerprint density at radius 3 is 2.60 bits per heavy atom. The van der Waals surface area contributed by atoms with E-state index in [1.54, 1.807) is 31.3 Å². The lowest BCUT2D eigenvalue weighted by atomic mass is 10.1. The van der Waals surface area contributed by atoms with E-state index in [-0.39, 0.29) is 11.7 Å². The third-order valence-corrected chi connectivity index (χ3v) is 2.73. The average molecular weight is 274 g/mol. The van der Waals surface area contributed by atoms with Gasteiger partial charge in [0.1, 0.15) is 12.2 Å². The number of nitrogens with two attached hydrogens (primary N) is 1. The summed E-state index contributed by atoms with van der Waals surface area (Å²) in [6.45, 7) is 0.334. The van der Waals surface area contributed by atoms with Gasteiger partial charge in [0.15, 0.2) is 5.84 Å². The molecule has 0 spiro atoms. The number of amides is 1. The summed E-state index contributed by atoms with van der Waals surface area (Å²) in [4.78, 5) is 17.6. The molecule has 8 heteroatoms. The summed E-state index contributed by atoms with van der Waals surface area (Å²) in [5.74, 6) is 0.445. The van der Waals surface area contributed by atoms with Crippen LogP contribution in [0.15, 0.2) is 35.7 Å². The van der Waals surface area contributed by atoms with E-state index in [0.29, 0.717) is 23.5 Å². The number of hydrogen-bond acceptors (Lipinski definition) is 5. The first-order valence-corrected chi connectivity index (χ1v) is 5.79. The highest BCUT2D eigenvalue weighted by atomic mass is 16.4. The van der Waals surface area contributed by atoms with Crippen molar-refractivity contribution in [2.75, 3.05) is 7.05 Å². The molecule has 20 heavy (non-hydrogen) atoms. The summed E-state index contributed by atoms with van der Waals surface area (Å²) in [6.07, 6.45) is 1.39. The van der Waals surface area contributed by atoms with Crippen LogP contribution >= 0.6 is 0 Å². The molecule has 0 bridgehead atoms. The highest BCUT2D eigenvalue weighted by Crippen LogP contribution is 2.08. The normalized spacial score (nSPS) is 11.3. The number of rotatable bonds is 4. The zero-order valence-electron chi connectivity index (χ0n) is 10.8. The van der Waals surface area contributed by atoms with Crippen LogP contribution in [0.4, 0.5) is 0 Å². The van der Waals surface area contributed by atoms with Crippen LogP contribution in [0.5, 0.6) is 0 Å². The SMILES string of the molecule is CN(Cc1ncn[nH]1)C(=O)c1ccc(C(N)=NO)cc1. The van der Waals surface area contributed by atoms with Crippen LogP contribution in [-0.2, 0) is 6.54 Å². The molecule has 2 rings (SSSR count). The molecule has 0 unspecified atom stereocenters. The van der Waals surface area contributed by atoms with E-state index in [0.717, 1.165) is 0 Å². The molecule has 104 valence electrons. The van der Waals surface area contributed by atoms with Crippen molar-refractivity contribution < 1.29 is 10.0 Å². The Hall–Kier alpha value is -2.90. The van der Waals surface area contributed by atoms with Gasteiger partial charge in [-0.2, -0.15) is 5.10 Å². The van der Waals surface area contributed by atoms with Gasteiger partial charge in [0.25, 0.3) is 5.91 Å². The van der Waals surface area contributed by atoms with Crippen LogP contribution in [0.2, 0.25) is 0 Å². The fraction of sp³-hybridized carbons (Fsp3) is 0.167. The first kappa shape index (κ1) is 13.5. The third-order valence-electron chi connectivity index (χ3n) is 2.73. The number of amidine groups is 1. The Morgan fingerprint density at radius 2 is 2.05 bits per heavy atom. The number of carbonyl (C=O) groups excluding carboxylic acids is 1. The molecule has 0 aliphatic carbocycles. The van der Waals surface area contributed by atoms with Crippen molar-refractivity contribution >= 4 is 11.7 Å². The third kappa shape index (κ3) is 2.91. The molecule has 0 saturated carbocycles. The summed E-state index contributed by atoms with van der Waals surface area (Å²) in [7, 11) is 1.67. The minimum absolute atomic E-state index is 0.000913. The summed E-state index contributed by atoms with van der Waals surface area (Å²) in [5.41, 5.74) is 6.50. The quantitative estimate of drug-likeness (QED) is 0.317. The van der Waals surface area contributed by atoms with Crippen LogP contribution in [0, 0.1) is 0 Å². The highest BCUT2D eigenvalue weighted by molar-refractivity contribution is 5.99. The van der Waals surface area contributed by atoms with Crippen molar-refractivity contribution in [3.05, 3.63) is 47.5 Å². The molecule has 2 aromatic rings. The monoisotopic (exact) mass is 274 g/mol. The lowest BCUT2D eigenvalue weighted by Gasteiger charge is -2.15. The minimum atomic E-state index is -0.160. The van der Waals surface area contributed by atoms with E-state index in [2.05, 4.69) is 20.3 Å². The maximum Gasteiger partial charge on any atom is 0.254 e. The zero-order valence-corrected chi connectivity index (χ0v) is 10.8. The molecule has 1 aromatic carbocycles. The average Bonchev–Trinajstić information content (AvgIpc) is 2.98. The van der Waals surface area contributed by atoms with Gasteiger partial charge in [0.05, 0.1) is 6.54 Å². The largest absolute Gasteiger partial charge is 0.409 e. The Morgan fingerprint density at radius 1 is 1.40 bits per heavy atom. The number of aromatic amines is 1. The van der Waals surface area contributed by atoms with Gasteiger partial charge in [-0.3, -0.25) is 9.89 Å². The zero-order chi connectivity index (χ0) is 14.5. The molecule has 1 aromatic heterocycles. The topological polar surface area (TPSA) is 120 Å². The molecule has 1 amide bonds. The molecule has 0 fully saturated rings. The molecule has 0 aliphatic rings. The molecular formula is C12H14N6O2. The number of carbonyl (C=O) groups is 1. The number of nitrogens with zero attached hydrogens (tertiary/aromatic N) is 4. The highest BCUT2D eigenvalue weighted by Gasteiger charge is 2.13. The number of benzene rings is 1. The van der Waals surface area contributed by atoms with Gasteiger partial charge >= 0.3 is 0 Å². The first-order chi connectivity index (χ1) is 9.61. The molecule has 0 aliphatic heterocycles. The summed E-state index contributed by atoms with van der Waals surface area (Å²) in [5, 5.41) is 17.9. The molecule has 0 atom stereocenters. The predicted molar refractivity (Wildman–Crippen MR) is 71.1 cm³/mol. The molecule has 1 heterocycles. The molecule has 0 radical (unpaired) electrons. The maximum atomic E-state index is 12.2. The van der Waals surface area contributed by atoms with E-state index in [9.17, 15) is 4.79 Å². The van der Waals surface area contributed by atoms with Gasteiger partial charge in [-0.25, -0.2) is 4.98 Å². The summed E-state index contributed by atoms with van der Waals surface area (Å²) < 4.78 is 0. The Kier molecular flexibility index (Phi) is 3.94. The standard InChI is InChI=1S/C12H14N6O2/c1-18(6-10-14-7-15-16-10)12(19)9-4-2-8(3-5-9)11(13)17-20/h2-5,7,20H,6H2,1H3,(H2,13,17)(H,14,15,16). The maximum absolute atomic E-state index is 12.2. The summed E-state index contributed by atoms with van der Waals surface area (Å²) >= 11 is 0. The number of nitrogens with one attached hydrogen (secondary N) is 1. The lowest BCUT2D eigenvalue weighted by molar-refractivity contribution is 0.0781. The number of oxime groups is 1. The number of hydrogen-bond donors (Lipinski definition) is 3. The van der Waals surface area contributed by atoms with Crippen LogP contribution in [0.3, 0.4) is 0 Å². The first-order valence-electron chi connectivity index (χ1n) is 5.79. The van der Waals surface area contributed by atoms with Gasteiger partial charge < -0.3 is 15.8 Å². The van der Waals surface area contributed by atoms with E-state index < -0.39 is 0 Å². The Labute approximate surface area is 114 Å². The molecule has 8 nitrogen and oxygen atoms in total. The second kappa shape index (κ2) is 5.83. The van der Waals surface area contributed by atoms with Crippen molar-refractivity contribution in [1.82, 2.24) is 20.1 Å². The van der Waals surface area contributed by atoms with Crippen LogP contribution in [0.1, 0.15) is 21.7 Å². The lowest BCUT2D eigenvalue weighted by Crippen LogP contribution is -2.26. The molecule has 4 N–H and O–H groups in total. The Bertz CT molecular complexity index is 605. The van der Waals surface area contributed by atoms with Crippen LogP contribution < -0.4 is 5.73 Å². The van der Waals surface area contributed by atoms with Gasteiger partial charge in [0.2, 0.25) is 0 Å². The molecule has 0 saturated heterocycles. The number of aromatic nitrogens is 3. The van der Waals surface area contributed by atoms with E-state index >= 15 is 0 Å². The van der Waals surface area contributed by atoms with E-state index in [1.807, 2.05) is 0 Å². The fourth-order valence-electron chi connectivity index (χ4n) is 1.67. The second-order valence-corrected chi connectivity index (χ2v) is 4.16. The summed E-state index contributed by atoms with van der Waals surface area (Å²) in [6, 6.07) is 6.47. The Balaban J connectivity index is 2.09. The van der Waals surface area contributed by atoms with Crippen molar-refractivity contribution in [2.24, 2.45) is 10.9 Å². The smallest absolute Gasteiger partial charge is 0.254 e. The second-order valence-electron chi connectivity index (χ2n) is 4.16. The number of H-pyrrole nitrogens is 1. The predicted octanol–water partition coefficient (Wildman–Crippen LogP) is 0.171. The van der Waals surface area contributed by atoms with Crippen molar-refractivity contribution in [1.29, 1.82) is 0 Å². The van der Waals surface area contributed by atoms with Gasteiger partial charge in [-0.1, -0.05) is 17.3 Å².